The normalized spacial score (nSPS) is 17.5. The molecule has 1 heterocycles. The van der Waals surface area contributed by atoms with Crippen molar-refractivity contribution in [2.24, 2.45) is 0 Å². The van der Waals surface area contributed by atoms with Crippen LogP contribution in [0.4, 0.5) is 5.69 Å². The Morgan fingerprint density at radius 3 is 2.30 bits per heavy atom. The minimum atomic E-state index is 0.446. The number of rotatable bonds is 3. The summed E-state index contributed by atoms with van der Waals surface area (Å²) < 4.78 is 5.28. The van der Waals surface area contributed by atoms with E-state index in [1.54, 1.807) is 7.11 Å². The monoisotopic (exact) mass is 280 g/mol. The summed E-state index contributed by atoms with van der Waals surface area (Å²) in [7, 11) is 1.77. The first-order chi connectivity index (χ1) is 9.81. The van der Waals surface area contributed by atoms with Crippen LogP contribution in [0.3, 0.4) is 0 Å². The van der Waals surface area contributed by atoms with Crippen molar-refractivity contribution in [3.63, 3.8) is 0 Å². The lowest BCUT2D eigenvalue weighted by Crippen LogP contribution is -2.53. The molecule has 1 unspecified atom stereocenters. The highest BCUT2D eigenvalue weighted by Crippen LogP contribution is 2.19. The second kappa shape index (κ2) is 11.7. The smallest absolute Gasteiger partial charge is 0.0678 e. The molecule has 0 bridgehead atoms. The van der Waals surface area contributed by atoms with Gasteiger partial charge in [0.15, 0.2) is 0 Å². The van der Waals surface area contributed by atoms with E-state index in [1.807, 2.05) is 27.7 Å². The van der Waals surface area contributed by atoms with Gasteiger partial charge >= 0.3 is 0 Å². The first-order valence-electron chi connectivity index (χ1n) is 7.84. The molecule has 0 aliphatic carbocycles. The van der Waals surface area contributed by atoms with Crippen molar-refractivity contribution >= 4 is 5.69 Å². The second-order valence-electron chi connectivity index (χ2n) is 4.34. The topological polar surface area (TPSA) is 24.5 Å². The molecular formula is C17H32N2O. The molecule has 0 amide bonds. The van der Waals surface area contributed by atoms with E-state index in [4.69, 9.17) is 4.74 Å². The average Bonchev–Trinajstić information content (AvgIpc) is 2.53. The zero-order chi connectivity index (χ0) is 15.4. The maximum atomic E-state index is 5.28. The highest BCUT2D eigenvalue weighted by molar-refractivity contribution is 5.49. The zero-order valence-electron chi connectivity index (χ0n) is 14.1. The van der Waals surface area contributed by atoms with Gasteiger partial charge in [0.2, 0.25) is 0 Å². The molecular weight excluding hydrogens is 248 g/mol. The molecule has 3 heteroatoms. The number of hydrogen-bond donors (Lipinski definition) is 1. The van der Waals surface area contributed by atoms with Crippen LogP contribution in [0.25, 0.3) is 0 Å². The summed E-state index contributed by atoms with van der Waals surface area (Å²) in [4.78, 5) is 2.43. The molecule has 1 aliphatic heterocycles. The number of aryl methyl sites for hydroxylation is 1. The molecule has 0 spiro atoms. The van der Waals surface area contributed by atoms with Gasteiger partial charge in [-0.05, 0) is 19.1 Å². The van der Waals surface area contributed by atoms with Crippen LogP contribution in [0.5, 0.6) is 0 Å². The largest absolute Gasteiger partial charge is 0.383 e. The molecule has 1 saturated heterocycles. The summed E-state index contributed by atoms with van der Waals surface area (Å²) in [6, 6.07) is 9.18. The molecule has 1 atom stereocenters. The minimum Gasteiger partial charge on any atom is -0.383 e. The molecule has 1 fully saturated rings. The third-order valence-electron chi connectivity index (χ3n) is 3.07. The van der Waals surface area contributed by atoms with Gasteiger partial charge < -0.3 is 15.0 Å². The number of benzene rings is 1. The average molecular weight is 280 g/mol. The Bertz CT molecular complexity index is 322. The first kappa shape index (κ1) is 18.9. The van der Waals surface area contributed by atoms with Crippen molar-refractivity contribution < 1.29 is 4.74 Å². The molecule has 1 aromatic rings. The Balaban J connectivity index is 0.000000829. The van der Waals surface area contributed by atoms with Gasteiger partial charge in [-0.15, -0.1) is 0 Å². The van der Waals surface area contributed by atoms with E-state index in [0.29, 0.717) is 6.04 Å². The highest BCUT2D eigenvalue weighted by Gasteiger charge is 2.21. The number of nitrogens with zero attached hydrogens (tertiary/aromatic N) is 1. The molecule has 116 valence electrons. The molecule has 0 aromatic heterocycles. The van der Waals surface area contributed by atoms with Gasteiger partial charge in [-0.25, -0.2) is 0 Å². The molecule has 0 radical (unpaired) electrons. The van der Waals surface area contributed by atoms with Gasteiger partial charge in [-0.1, -0.05) is 45.4 Å². The summed E-state index contributed by atoms with van der Waals surface area (Å²) in [5.74, 6) is 0. The third kappa shape index (κ3) is 5.93. The molecule has 1 aliphatic rings. The van der Waals surface area contributed by atoms with Crippen molar-refractivity contribution in [1.82, 2.24) is 5.32 Å². The molecule has 0 saturated carbocycles. The van der Waals surface area contributed by atoms with Crippen molar-refractivity contribution in [3.05, 3.63) is 29.8 Å². The molecule has 1 N–H and O–H groups in total. The number of nitrogens with one attached hydrogen (secondary N) is 1. The summed E-state index contributed by atoms with van der Waals surface area (Å²) in [5.41, 5.74) is 2.61. The van der Waals surface area contributed by atoms with Gasteiger partial charge in [0.1, 0.15) is 0 Å². The quantitative estimate of drug-likeness (QED) is 0.917. The van der Waals surface area contributed by atoms with Crippen LogP contribution in [0.1, 0.15) is 33.3 Å². The van der Waals surface area contributed by atoms with Crippen LogP contribution in [0, 0.1) is 6.92 Å². The van der Waals surface area contributed by atoms with Gasteiger partial charge in [0.25, 0.3) is 0 Å². The van der Waals surface area contributed by atoms with Crippen molar-refractivity contribution in [2.45, 2.75) is 40.7 Å². The van der Waals surface area contributed by atoms with E-state index in [9.17, 15) is 0 Å². The van der Waals surface area contributed by atoms with E-state index < -0.39 is 0 Å². The van der Waals surface area contributed by atoms with Crippen LogP contribution >= 0.6 is 0 Å². The maximum Gasteiger partial charge on any atom is 0.0678 e. The lowest BCUT2D eigenvalue weighted by molar-refractivity contribution is 0.170. The van der Waals surface area contributed by atoms with E-state index >= 15 is 0 Å². The van der Waals surface area contributed by atoms with Gasteiger partial charge in [-0.2, -0.15) is 0 Å². The van der Waals surface area contributed by atoms with Crippen LogP contribution in [-0.4, -0.2) is 39.4 Å². The fourth-order valence-electron chi connectivity index (χ4n) is 2.18. The summed E-state index contributed by atoms with van der Waals surface area (Å²) in [5, 5.41) is 3.41. The van der Waals surface area contributed by atoms with Crippen LogP contribution in [0.2, 0.25) is 0 Å². The minimum absolute atomic E-state index is 0.446. The lowest BCUT2D eigenvalue weighted by atomic mass is 10.1. The number of methoxy groups -OCH3 is 1. The number of piperazine rings is 1. The Morgan fingerprint density at radius 2 is 1.75 bits per heavy atom. The Labute approximate surface area is 125 Å². The van der Waals surface area contributed by atoms with E-state index in [1.165, 1.54) is 11.3 Å². The third-order valence-corrected chi connectivity index (χ3v) is 3.07. The molecule has 3 nitrogen and oxygen atoms in total. The van der Waals surface area contributed by atoms with E-state index in [-0.39, 0.29) is 0 Å². The zero-order valence-corrected chi connectivity index (χ0v) is 14.1. The number of anilines is 1. The Morgan fingerprint density at radius 1 is 1.15 bits per heavy atom. The Kier molecular flexibility index (Phi) is 11.1. The molecule has 1 aromatic carbocycles. The van der Waals surface area contributed by atoms with Gasteiger partial charge in [-0.3, -0.25) is 0 Å². The standard InChI is InChI=1S/C13H20N2O.2C2H6/c1-11-3-5-12(6-4-11)15-8-7-14-9-13(15)10-16-2;2*1-2/h3-6,13-14H,7-10H2,1-2H3;2*1-2H3. The van der Waals surface area contributed by atoms with Crippen molar-refractivity contribution in [3.8, 4) is 0 Å². The van der Waals surface area contributed by atoms with Crippen LogP contribution in [-0.2, 0) is 4.74 Å². The maximum absolute atomic E-state index is 5.28. The fourth-order valence-corrected chi connectivity index (χ4v) is 2.18. The number of hydrogen-bond acceptors (Lipinski definition) is 3. The predicted octanol–water partition coefficient (Wildman–Crippen LogP) is 3.47. The lowest BCUT2D eigenvalue weighted by Gasteiger charge is -2.37. The SMILES string of the molecule is CC.CC.COCC1CNCCN1c1ccc(C)cc1. The van der Waals surface area contributed by atoms with Crippen molar-refractivity contribution in [1.29, 1.82) is 0 Å². The first-order valence-corrected chi connectivity index (χ1v) is 7.84. The van der Waals surface area contributed by atoms with E-state index in [2.05, 4.69) is 41.4 Å². The fraction of sp³-hybridized carbons (Fsp3) is 0.647. The number of ether oxygens (including phenoxy) is 1. The molecule has 20 heavy (non-hydrogen) atoms. The Hall–Kier alpha value is -1.06. The van der Waals surface area contributed by atoms with Crippen LogP contribution in [0.15, 0.2) is 24.3 Å². The van der Waals surface area contributed by atoms with Gasteiger partial charge in [0.05, 0.1) is 12.6 Å². The van der Waals surface area contributed by atoms with E-state index in [0.717, 1.165) is 26.2 Å². The summed E-state index contributed by atoms with van der Waals surface area (Å²) >= 11 is 0. The molecule has 2 rings (SSSR count). The van der Waals surface area contributed by atoms with Crippen LogP contribution < -0.4 is 10.2 Å². The predicted molar refractivity (Wildman–Crippen MR) is 89.8 cm³/mol. The second-order valence-corrected chi connectivity index (χ2v) is 4.34. The summed E-state index contributed by atoms with van der Waals surface area (Å²) in [6.45, 7) is 14.0. The summed E-state index contributed by atoms with van der Waals surface area (Å²) in [6.07, 6.45) is 0. The highest BCUT2D eigenvalue weighted by atomic mass is 16.5. The van der Waals surface area contributed by atoms with Gasteiger partial charge in [0, 0.05) is 32.4 Å². The van der Waals surface area contributed by atoms with Crippen molar-refractivity contribution in [2.75, 3.05) is 38.3 Å².